The molecule has 4 rings (SSSR count). The van der Waals surface area contributed by atoms with Gasteiger partial charge in [0.2, 0.25) is 11.8 Å². The van der Waals surface area contributed by atoms with Gasteiger partial charge in [-0.15, -0.1) is 0 Å². The summed E-state index contributed by atoms with van der Waals surface area (Å²) in [6, 6.07) is 18.0. The molecule has 6 nitrogen and oxygen atoms in total. The van der Waals surface area contributed by atoms with Crippen molar-refractivity contribution in [2.24, 2.45) is 5.92 Å². The Kier molecular flexibility index (Phi) is 6.42. The van der Waals surface area contributed by atoms with Gasteiger partial charge >= 0.3 is 0 Å². The van der Waals surface area contributed by atoms with Gasteiger partial charge < -0.3 is 16.0 Å². The molecule has 1 saturated heterocycles. The fourth-order valence-corrected chi connectivity index (χ4v) is 4.87. The van der Waals surface area contributed by atoms with E-state index >= 15 is 0 Å². The average Bonchev–Trinajstić information content (AvgIpc) is 3.03. The summed E-state index contributed by atoms with van der Waals surface area (Å²) < 4.78 is 0. The van der Waals surface area contributed by atoms with E-state index in [1.54, 1.807) is 0 Å². The highest BCUT2D eigenvalue weighted by Gasteiger charge is 2.56. The third kappa shape index (κ3) is 4.46. The number of Topliss-reactive ketones (excluding diaryl/α,β-unsaturated/α-hetero) is 1. The maximum atomic E-state index is 13.3. The minimum Gasteiger partial charge on any atom is -0.342 e. The van der Waals surface area contributed by atoms with E-state index in [-0.39, 0.29) is 17.7 Å². The molecule has 1 aliphatic heterocycles. The molecule has 1 saturated carbocycles. The predicted molar refractivity (Wildman–Crippen MR) is 124 cm³/mol. The Morgan fingerprint density at radius 3 is 2.38 bits per heavy atom. The van der Waals surface area contributed by atoms with Crippen LogP contribution < -0.4 is 16.0 Å². The number of amides is 2. The van der Waals surface area contributed by atoms with E-state index in [1.807, 2.05) is 56.3 Å². The maximum Gasteiger partial charge on any atom is 0.244 e. The van der Waals surface area contributed by atoms with Crippen molar-refractivity contribution >= 4 is 23.3 Å². The molecular weight excluding hydrogens is 402 g/mol. The molecule has 2 aromatic carbocycles. The van der Waals surface area contributed by atoms with Gasteiger partial charge in [0.1, 0.15) is 0 Å². The zero-order valence-electron chi connectivity index (χ0n) is 18.7. The number of rotatable bonds is 6. The van der Waals surface area contributed by atoms with Gasteiger partial charge in [-0.2, -0.15) is 0 Å². The van der Waals surface area contributed by atoms with Crippen LogP contribution in [-0.4, -0.2) is 29.2 Å². The third-order valence-corrected chi connectivity index (χ3v) is 6.74. The molecule has 0 bridgehead atoms. The van der Waals surface area contributed by atoms with Crippen molar-refractivity contribution in [1.29, 1.82) is 0 Å². The van der Waals surface area contributed by atoms with Crippen LogP contribution in [0.5, 0.6) is 0 Å². The number of hydrogen-bond acceptors (Lipinski definition) is 4. The number of hydrogen-bond donors (Lipinski definition) is 3. The van der Waals surface area contributed by atoms with Crippen LogP contribution in [0.15, 0.2) is 54.6 Å². The lowest BCUT2D eigenvalue weighted by molar-refractivity contribution is -0.135. The SMILES string of the molecule is CC(C)c1ccccc1NC(=O)C1C(=O)NC2(CCC(NCc3ccccc3)CC2)C1=O. The molecule has 32 heavy (non-hydrogen) atoms. The number of para-hydroxylation sites is 1. The molecule has 2 amide bonds. The van der Waals surface area contributed by atoms with Gasteiger partial charge in [0.05, 0.1) is 5.54 Å². The lowest BCUT2D eigenvalue weighted by atomic mass is 9.76. The highest BCUT2D eigenvalue weighted by molar-refractivity contribution is 6.27. The minimum atomic E-state index is -1.29. The number of benzene rings is 2. The van der Waals surface area contributed by atoms with E-state index in [0.717, 1.165) is 24.9 Å². The molecule has 1 atom stereocenters. The van der Waals surface area contributed by atoms with Crippen LogP contribution in [0.3, 0.4) is 0 Å². The number of ketones is 1. The summed E-state index contributed by atoms with van der Waals surface area (Å²) in [4.78, 5) is 38.9. The number of carbonyl (C=O) groups is 3. The Morgan fingerprint density at radius 1 is 1.03 bits per heavy atom. The van der Waals surface area contributed by atoms with Crippen LogP contribution in [-0.2, 0) is 20.9 Å². The molecule has 0 radical (unpaired) electrons. The summed E-state index contributed by atoms with van der Waals surface area (Å²) in [6.45, 7) is 4.86. The minimum absolute atomic E-state index is 0.213. The number of nitrogens with one attached hydrogen (secondary N) is 3. The van der Waals surface area contributed by atoms with Gasteiger partial charge in [-0.05, 0) is 48.8 Å². The van der Waals surface area contributed by atoms with Crippen LogP contribution >= 0.6 is 0 Å². The van der Waals surface area contributed by atoms with Gasteiger partial charge in [0.15, 0.2) is 11.7 Å². The van der Waals surface area contributed by atoms with Gasteiger partial charge in [-0.1, -0.05) is 62.4 Å². The van der Waals surface area contributed by atoms with E-state index in [4.69, 9.17) is 0 Å². The Bertz CT molecular complexity index is 994. The standard InChI is InChI=1S/C26H31N3O3/c1-17(2)20-10-6-7-11-21(20)28-24(31)22-23(30)26(29-25(22)32)14-12-19(13-15-26)27-16-18-8-4-3-5-9-18/h3-11,17,19,22,27H,12-16H2,1-2H3,(H,28,31)(H,29,32). The highest BCUT2D eigenvalue weighted by atomic mass is 16.2. The lowest BCUT2D eigenvalue weighted by Gasteiger charge is -2.36. The normalized spacial score (nSPS) is 25.2. The molecule has 1 heterocycles. The zero-order valence-corrected chi connectivity index (χ0v) is 18.7. The fourth-order valence-electron chi connectivity index (χ4n) is 4.87. The van der Waals surface area contributed by atoms with Crippen molar-refractivity contribution < 1.29 is 14.4 Å². The summed E-state index contributed by atoms with van der Waals surface area (Å²) in [5.74, 6) is -2.38. The average molecular weight is 434 g/mol. The second-order valence-electron chi connectivity index (χ2n) is 9.24. The third-order valence-electron chi connectivity index (χ3n) is 6.74. The summed E-state index contributed by atoms with van der Waals surface area (Å²) in [5.41, 5.74) is 1.94. The molecule has 1 spiro atoms. The first-order chi connectivity index (χ1) is 15.4. The highest BCUT2D eigenvalue weighted by Crippen LogP contribution is 2.36. The monoisotopic (exact) mass is 433 g/mol. The van der Waals surface area contributed by atoms with Crippen molar-refractivity contribution in [2.45, 2.75) is 63.6 Å². The predicted octanol–water partition coefficient (Wildman–Crippen LogP) is 3.53. The molecule has 0 aromatic heterocycles. The quantitative estimate of drug-likeness (QED) is 0.608. The van der Waals surface area contributed by atoms with Gasteiger partial charge in [0, 0.05) is 18.3 Å². The van der Waals surface area contributed by atoms with E-state index < -0.39 is 23.3 Å². The molecule has 2 fully saturated rings. The van der Waals surface area contributed by atoms with Crippen LogP contribution in [0.2, 0.25) is 0 Å². The summed E-state index contributed by atoms with van der Waals surface area (Å²) in [6.07, 6.45) is 2.67. The van der Waals surface area contributed by atoms with E-state index in [2.05, 4.69) is 28.1 Å². The van der Waals surface area contributed by atoms with E-state index in [0.29, 0.717) is 18.5 Å². The van der Waals surface area contributed by atoms with Crippen LogP contribution in [0.1, 0.15) is 56.6 Å². The number of anilines is 1. The van der Waals surface area contributed by atoms with Crippen molar-refractivity contribution in [3.05, 3.63) is 65.7 Å². The van der Waals surface area contributed by atoms with Crippen LogP contribution in [0.4, 0.5) is 5.69 Å². The van der Waals surface area contributed by atoms with Crippen molar-refractivity contribution in [3.63, 3.8) is 0 Å². The molecule has 6 heteroatoms. The summed E-state index contributed by atoms with van der Waals surface area (Å²) in [5, 5.41) is 9.27. The van der Waals surface area contributed by atoms with Crippen LogP contribution in [0, 0.1) is 5.92 Å². The van der Waals surface area contributed by atoms with Crippen molar-refractivity contribution in [3.8, 4) is 0 Å². The molecule has 3 N–H and O–H groups in total. The van der Waals surface area contributed by atoms with Gasteiger partial charge in [-0.25, -0.2) is 0 Å². The van der Waals surface area contributed by atoms with Gasteiger partial charge in [0.25, 0.3) is 0 Å². The largest absolute Gasteiger partial charge is 0.342 e. The first-order valence-electron chi connectivity index (χ1n) is 11.4. The molecule has 2 aromatic rings. The number of carbonyl (C=O) groups excluding carboxylic acids is 3. The first-order valence-corrected chi connectivity index (χ1v) is 11.4. The summed E-state index contributed by atoms with van der Waals surface area (Å²) in [7, 11) is 0. The van der Waals surface area contributed by atoms with Crippen molar-refractivity contribution in [2.75, 3.05) is 5.32 Å². The molecule has 168 valence electrons. The second kappa shape index (κ2) is 9.25. The van der Waals surface area contributed by atoms with Gasteiger partial charge in [-0.3, -0.25) is 14.4 Å². The summed E-state index contributed by atoms with van der Waals surface area (Å²) >= 11 is 0. The topological polar surface area (TPSA) is 87.3 Å². The Hall–Kier alpha value is -2.99. The second-order valence-corrected chi connectivity index (χ2v) is 9.24. The van der Waals surface area contributed by atoms with Crippen molar-refractivity contribution in [1.82, 2.24) is 10.6 Å². The van der Waals surface area contributed by atoms with Crippen LogP contribution in [0.25, 0.3) is 0 Å². The maximum absolute atomic E-state index is 13.3. The lowest BCUT2D eigenvalue weighted by Crippen LogP contribution is -2.52. The van der Waals surface area contributed by atoms with E-state index in [1.165, 1.54) is 5.56 Å². The zero-order chi connectivity index (χ0) is 22.7. The molecule has 2 aliphatic rings. The Balaban J connectivity index is 1.38. The van der Waals surface area contributed by atoms with E-state index in [9.17, 15) is 14.4 Å². The Morgan fingerprint density at radius 2 is 1.69 bits per heavy atom. The molecule has 1 unspecified atom stereocenters. The molecular formula is C26H31N3O3. The smallest absolute Gasteiger partial charge is 0.244 e. The first kappa shape index (κ1) is 22.2. The molecule has 1 aliphatic carbocycles. The fraction of sp³-hybridized carbons (Fsp3) is 0.423. The Labute approximate surface area is 189 Å².